The molecule has 1 amide bonds. The van der Waals surface area contributed by atoms with Crippen molar-refractivity contribution in [2.24, 2.45) is 0 Å². The second kappa shape index (κ2) is 6.36. The van der Waals surface area contributed by atoms with Crippen LogP contribution in [0.15, 0.2) is 23.6 Å². The molecule has 2 aliphatic rings. The second-order valence-corrected chi connectivity index (χ2v) is 6.89. The Kier molecular flexibility index (Phi) is 4.04. The minimum Gasteiger partial charge on any atom is -0.480 e. The lowest BCUT2D eigenvalue weighted by Gasteiger charge is -2.19. The summed E-state index contributed by atoms with van der Waals surface area (Å²) in [6, 6.07) is 5.67. The number of aliphatic carboxylic acids is 1. The fourth-order valence-corrected chi connectivity index (χ4v) is 3.58. The molecule has 1 N–H and O–H groups in total. The topological polar surface area (TPSA) is 89.0 Å². The van der Waals surface area contributed by atoms with Crippen molar-refractivity contribution >= 4 is 23.2 Å². The molecule has 0 atom stereocenters. The Morgan fingerprint density at radius 1 is 1.28 bits per heavy atom. The molecule has 8 heteroatoms. The number of carboxylic acids is 1. The first-order valence-electron chi connectivity index (χ1n) is 7.96. The summed E-state index contributed by atoms with van der Waals surface area (Å²) in [5, 5.41) is 11.6. The molecule has 0 unspecified atom stereocenters. The standard InChI is InChI=1S/C17H16N2O5S/c20-15(19(7-16(21)22)12-2-3-12)6-11-8-25-17(18-11)10-1-4-13-14(5-10)24-9-23-13/h1,4-5,8,12H,2-3,6-7,9H2,(H,21,22). The van der Waals surface area contributed by atoms with Gasteiger partial charge in [-0.3, -0.25) is 9.59 Å². The number of nitrogens with zero attached hydrogens (tertiary/aromatic N) is 2. The molecule has 1 saturated carbocycles. The van der Waals surface area contributed by atoms with Crippen molar-refractivity contribution in [3.8, 4) is 22.1 Å². The zero-order valence-electron chi connectivity index (χ0n) is 13.3. The lowest BCUT2D eigenvalue weighted by molar-refractivity contribution is -0.144. The summed E-state index contributed by atoms with van der Waals surface area (Å²) in [7, 11) is 0. The Morgan fingerprint density at radius 3 is 2.84 bits per heavy atom. The van der Waals surface area contributed by atoms with Crippen LogP contribution in [0.4, 0.5) is 0 Å². The van der Waals surface area contributed by atoms with E-state index in [9.17, 15) is 9.59 Å². The van der Waals surface area contributed by atoms with Crippen LogP contribution in [0.2, 0.25) is 0 Å². The Balaban J connectivity index is 1.47. The number of fused-ring (bicyclic) bond motifs is 1. The van der Waals surface area contributed by atoms with Gasteiger partial charge >= 0.3 is 5.97 Å². The molecule has 1 aliphatic heterocycles. The van der Waals surface area contributed by atoms with Crippen LogP contribution in [0, 0.1) is 0 Å². The smallest absolute Gasteiger partial charge is 0.323 e. The van der Waals surface area contributed by atoms with Gasteiger partial charge in [0.2, 0.25) is 12.7 Å². The predicted octanol–water partition coefficient (Wildman–Crippen LogP) is 2.16. The summed E-state index contributed by atoms with van der Waals surface area (Å²) in [6.07, 6.45) is 1.86. The van der Waals surface area contributed by atoms with Crippen LogP contribution >= 0.6 is 11.3 Å². The maximum absolute atomic E-state index is 12.4. The van der Waals surface area contributed by atoms with Crippen molar-refractivity contribution in [3.63, 3.8) is 0 Å². The molecule has 7 nitrogen and oxygen atoms in total. The van der Waals surface area contributed by atoms with E-state index in [2.05, 4.69) is 4.98 Å². The maximum Gasteiger partial charge on any atom is 0.323 e. The summed E-state index contributed by atoms with van der Waals surface area (Å²) in [5.74, 6) is 0.225. The van der Waals surface area contributed by atoms with Crippen molar-refractivity contribution in [2.45, 2.75) is 25.3 Å². The molecule has 1 aromatic carbocycles. The van der Waals surface area contributed by atoms with Crippen molar-refractivity contribution in [1.82, 2.24) is 9.88 Å². The number of carbonyl (C=O) groups excluding carboxylic acids is 1. The van der Waals surface area contributed by atoms with Crippen LogP contribution in [0.25, 0.3) is 10.6 Å². The maximum atomic E-state index is 12.4. The van der Waals surface area contributed by atoms with Crippen molar-refractivity contribution in [3.05, 3.63) is 29.3 Å². The van der Waals surface area contributed by atoms with Crippen LogP contribution < -0.4 is 9.47 Å². The van der Waals surface area contributed by atoms with E-state index in [4.69, 9.17) is 14.6 Å². The van der Waals surface area contributed by atoms with E-state index < -0.39 is 5.97 Å². The van der Waals surface area contributed by atoms with Gasteiger partial charge < -0.3 is 19.5 Å². The molecule has 1 aromatic heterocycles. The first-order valence-corrected chi connectivity index (χ1v) is 8.84. The number of thiazole rings is 1. The molecule has 2 heterocycles. The number of aromatic nitrogens is 1. The van der Waals surface area contributed by atoms with Gasteiger partial charge in [0.25, 0.3) is 0 Å². The molecule has 2 aromatic rings. The third kappa shape index (κ3) is 3.43. The Labute approximate surface area is 147 Å². The third-order valence-corrected chi connectivity index (χ3v) is 5.06. The number of ether oxygens (including phenoxy) is 2. The molecular weight excluding hydrogens is 344 g/mol. The van der Waals surface area contributed by atoms with Crippen LogP contribution in [0.1, 0.15) is 18.5 Å². The predicted molar refractivity (Wildman–Crippen MR) is 89.7 cm³/mol. The van der Waals surface area contributed by atoms with Gasteiger partial charge in [-0.05, 0) is 31.0 Å². The van der Waals surface area contributed by atoms with Crippen molar-refractivity contribution in [1.29, 1.82) is 0 Å². The van der Waals surface area contributed by atoms with Gasteiger partial charge in [-0.15, -0.1) is 11.3 Å². The zero-order chi connectivity index (χ0) is 17.4. The molecule has 1 aliphatic carbocycles. The molecule has 0 bridgehead atoms. The van der Waals surface area contributed by atoms with E-state index in [1.165, 1.54) is 16.2 Å². The second-order valence-electron chi connectivity index (χ2n) is 6.04. The highest BCUT2D eigenvalue weighted by atomic mass is 32.1. The summed E-state index contributed by atoms with van der Waals surface area (Å²) in [6.45, 7) is -0.0281. The zero-order valence-corrected chi connectivity index (χ0v) is 14.1. The largest absolute Gasteiger partial charge is 0.480 e. The molecule has 0 radical (unpaired) electrons. The number of amides is 1. The van der Waals surface area contributed by atoms with Crippen molar-refractivity contribution in [2.75, 3.05) is 13.3 Å². The van der Waals surface area contributed by atoms with E-state index in [-0.39, 0.29) is 31.7 Å². The highest BCUT2D eigenvalue weighted by molar-refractivity contribution is 7.13. The van der Waals surface area contributed by atoms with Crippen LogP contribution in [-0.4, -0.2) is 46.2 Å². The summed E-state index contributed by atoms with van der Waals surface area (Å²) >= 11 is 1.45. The average molecular weight is 360 g/mol. The Bertz CT molecular complexity index is 830. The van der Waals surface area contributed by atoms with E-state index in [1.807, 2.05) is 23.6 Å². The fourth-order valence-electron chi connectivity index (χ4n) is 2.76. The molecular formula is C17H16N2O5S. The van der Waals surface area contributed by atoms with Gasteiger partial charge in [0, 0.05) is 17.0 Å². The van der Waals surface area contributed by atoms with Gasteiger partial charge in [0.05, 0.1) is 12.1 Å². The van der Waals surface area contributed by atoms with Crippen LogP contribution in [0.5, 0.6) is 11.5 Å². The molecule has 0 spiro atoms. The highest BCUT2D eigenvalue weighted by Gasteiger charge is 2.33. The van der Waals surface area contributed by atoms with Gasteiger partial charge in [0.15, 0.2) is 11.5 Å². The van der Waals surface area contributed by atoms with E-state index >= 15 is 0 Å². The molecule has 0 saturated heterocycles. The first-order chi connectivity index (χ1) is 12.1. The lowest BCUT2D eigenvalue weighted by Crippen LogP contribution is -2.38. The first kappa shape index (κ1) is 15.9. The summed E-state index contributed by atoms with van der Waals surface area (Å²) in [5.41, 5.74) is 1.55. The fraction of sp³-hybridized carbons (Fsp3) is 0.353. The number of rotatable bonds is 6. The number of benzene rings is 1. The normalized spacial score (nSPS) is 15.2. The SMILES string of the molecule is O=C(O)CN(C(=O)Cc1csc(-c2ccc3c(c2)OCO3)n1)C1CC1. The van der Waals surface area contributed by atoms with E-state index in [1.54, 1.807) is 0 Å². The van der Waals surface area contributed by atoms with Crippen LogP contribution in [-0.2, 0) is 16.0 Å². The van der Waals surface area contributed by atoms with E-state index in [0.717, 1.165) is 23.4 Å². The molecule has 130 valence electrons. The highest BCUT2D eigenvalue weighted by Crippen LogP contribution is 2.36. The molecule has 25 heavy (non-hydrogen) atoms. The Morgan fingerprint density at radius 2 is 2.08 bits per heavy atom. The monoisotopic (exact) mass is 360 g/mol. The minimum absolute atomic E-state index is 0.0653. The van der Waals surface area contributed by atoms with Gasteiger partial charge in [-0.2, -0.15) is 0 Å². The van der Waals surface area contributed by atoms with E-state index in [0.29, 0.717) is 17.2 Å². The number of carboxylic acid groups (broad SMARTS) is 1. The molecule has 4 rings (SSSR count). The van der Waals surface area contributed by atoms with Gasteiger partial charge in [-0.1, -0.05) is 0 Å². The average Bonchev–Trinajstić information content (AvgIpc) is 3.13. The van der Waals surface area contributed by atoms with Gasteiger partial charge in [0.1, 0.15) is 11.6 Å². The number of hydrogen-bond donors (Lipinski definition) is 1. The number of hydrogen-bond acceptors (Lipinski definition) is 6. The third-order valence-electron chi connectivity index (χ3n) is 4.12. The van der Waals surface area contributed by atoms with Crippen molar-refractivity contribution < 1.29 is 24.2 Å². The van der Waals surface area contributed by atoms with Gasteiger partial charge in [-0.25, -0.2) is 4.98 Å². The lowest BCUT2D eigenvalue weighted by atomic mass is 10.2. The van der Waals surface area contributed by atoms with Crippen LogP contribution in [0.3, 0.4) is 0 Å². The number of carbonyl (C=O) groups is 2. The minimum atomic E-state index is -0.987. The molecule has 1 fully saturated rings. The quantitative estimate of drug-likeness (QED) is 0.849. The summed E-state index contributed by atoms with van der Waals surface area (Å²) in [4.78, 5) is 29.3. The Hall–Kier alpha value is -2.61. The summed E-state index contributed by atoms with van der Waals surface area (Å²) < 4.78 is 10.7.